The largest absolute Gasteiger partial charge is 0.508 e. The topological polar surface area (TPSA) is 72.6 Å². The van der Waals surface area contributed by atoms with Gasteiger partial charge in [0.25, 0.3) is 5.70 Å². The van der Waals surface area contributed by atoms with E-state index in [4.69, 9.17) is 4.74 Å². The van der Waals surface area contributed by atoms with Crippen LogP contribution in [0.15, 0.2) is 36.0 Å². The molecule has 1 aliphatic heterocycles. The molecule has 3 rings (SSSR count). The summed E-state index contributed by atoms with van der Waals surface area (Å²) in [5.41, 5.74) is -0.838. The first kappa shape index (κ1) is 14.9. The summed E-state index contributed by atoms with van der Waals surface area (Å²) in [5, 5.41) is 20.6. The average molecular weight is 323 g/mol. The number of rotatable bonds is 2. The van der Waals surface area contributed by atoms with Gasteiger partial charge in [-0.05, 0) is 24.3 Å². The Labute approximate surface area is 127 Å². The Morgan fingerprint density at radius 3 is 2.48 bits per heavy atom. The molecular formula is C15H8F3NO4. The van der Waals surface area contributed by atoms with E-state index in [0.29, 0.717) is 12.1 Å². The van der Waals surface area contributed by atoms with E-state index in [9.17, 15) is 28.4 Å². The minimum Gasteiger partial charge on any atom is -0.508 e. The highest BCUT2D eigenvalue weighted by atomic mass is 19.2. The molecule has 0 spiro atoms. The second-order valence-corrected chi connectivity index (χ2v) is 4.83. The van der Waals surface area contributed by atoms with Crippen molar-refractivity contribution in [2.24, 2.45) is 0 Å². The number of hydrogen-bond acceptors (Lipinski definition) is 4. The lowest BCUT2D eigenvalue weighted by Gasteiger charge is -2.23. The summed E-state index contributed by atoms with van der Waals surface area (Å²) in [5.74, 6) is -3.90. The van der Waals surface area contributed by atoms with Crippen molar-refractivity contribution < 1.29 is 27.9 Å². The van der Waals surface area contributed by atoms with Crippen LogP contribution in [0.1, 0.15) is 17.2 Å². The highest BCUT2D eigenvalue weighted by molar-refractivity contribution is 5.64. The van der Waals surface area contributed by atoms with Gasteiger partial charge in [0.2, 0.25) is 6.10 Å². The Bertz CT molecular complexity index is 851. The van der Waals surface area contributed by atoms with Crippen LogP contribution in [-0.4, -0.2) is 10.0 Å². The normalized spacial score (nSPS) is 16.3. The van der Waals surface area contributed by atoms with Crippen LogP contribution in [0, 0.1) is 27.6 Å². The quantitative estimate of drug-likeness (QED) is 0.521. The van der Waals surface area contributed by atoms with Gasteiger partial charge in [-0.3, -0.25) is 10.1 Å². The van der Waals surface area contributed by atoms with Crippen molar-refractivity contribution in [1.29, 1.82) is 0 Å². The number of benzene rings is 2. The molecule has 0 saturated heterocycles. The standard InChI is InChI=1S/C15H8F3NO4/c16-10-6-12(18)11(17)5-9(10)15-13(19(21)22)4-7-3-8(20)1-2-14(7)23-15/h1-6,15,20H. The molecule has 0 bridgehead atoms. The molecule has 0 radical (unpaired) electrons. The van der Waals surface area contributed by atoms with Crippen LogP contribution in [0.3, 0.4) is 0 Å². The summed E-state index contributed by atoms with van der Waals surface area (Å²) in [6.07, 6.45) is -0.457. The summed E-state index contributed by atoms with van der Waals surface area (Å²) < 4.78 is 45.7. The van der Waals surface area contributed by atoms with Gasteiger partial charge < -0.3 is 9.84 Å². The predicted molar refractivity (Wildman–Crippen MR) is 72.8 cm³/mol. The number of fused-ring (bicyclic) bond motifs is 1. The molecule has 1 aliphatic rings. The molecule has 1 heterocycles. The summed E-state index contributed by atoms with van der Waals surface area (Å²) in [4.78, 5) is 10.4. The van der Waals surface area contributed by atoms with Crippen LogP contribution in [0.5, 0.6) is 11.5 Å². The lowest BCUT2D eigenvalue weighted by atomic mass is 10.00. The van der Waals surface area contributed by atoms with Crippen molar-refractivity contribution in [3.63, 3.8) is 0 Å². The van der Waals surface area contributed by atoms with Gasteiger partial charge in [-0.15, -0.1) is 0 Å². The number of hydrogen-bond donors (Lipinski definition) is 1. The first-order valence-electron chi connectivity index (χ1n) is 6.37. The van der Waals surface area contributed by atoms with E-state index in [1.165, 1.54) is 18.2 Å². The van der Waals surface area contributed by atoms with Crippen LogP contribution in [-0.2, 0) is 0 Å². The molecule has 2 aromatic carbocycles. The van der Waals surface area contributed by atoms with Gasteiger partial charge in [0.1, 0.15) is 17.3 Å². The summed E-state index contributed by atoms with van der Waals surface area (Å²) in [7, 11) is 0. The number of halogens is 3. The van der Waals surface area contributed by atoms with E-state index in [-0.39, 0.29) is 17.1 Å². The van der Waals surface area contributed by atoms with E-state index in [1.807, 2.05) is 0 Å². The minimum absolute atomic E-state index is 0.135. The number of aromatic hydroxyl groups is 1. The maximum absolute atomic E-state index is 13.9. The Morgan fingerprint density at radius 1 is 1.09 bits per heavy atom. The predicted octanol–water partition coefficient (Wildman–Crippen LogP) is 3.56. The number of phenolic OH excluding ortho intramolecular Hbond substituents is 1. The fourth-order valence-corrected chi connectivity index (χ4v) is 2.29. The lowest BCUT2D eigenvalue weighted by molar-refractivity contribution is -0.434. The van der Waals surface area contributed by atoms with Crippen molar-refractivity contribution in [2.45, 2.75) is 6.10 Å². The fraction of sp³-hybridized carbons (Fsp3) is 0.0667. The average Bonchev–Trinajstić information content (AvgIpc) is 2.49. The zero-order chi connectivity index (χ0) is 16.7. The molecule has 23 heavy (non-hydrogen) atoms. The number of phenols is 1. The van der Waals surface area contributed by atoms with Crippen molar-refractivity contribution in [2.75, 3.05) is 0 Å². The minimum atomic E-state index is -1.54. The maximum atomic E-state index is 13.9. The lowest BCUT2D eigenvalue weighted by Crippen LogP contribution is -2.21. The van der Waals surface area contributed by atoms with Crippen LogP contribution in [0.25, 0.3) is 6.08 Å². The first-order chi connectivity index (χ1) is 10.9. The van der Waals surface area contributed by atoms with Gasteiger partial charge in [-0.2, -0.15) is 0 Å². The zero-order valence-electron chi connectivity index (χ0n) is 11.3. The van der Waals surface area contributed by atoms with Crippen molar-refractivity contribution in [3.8, 4) is 11.5 Å². The van der Waals surface area contributed by atoms with Crippen LogP contribution >= 0.6 is 0 Å². The second-order valence-electron chi connectivity index (χ2n) is 4.83. The summed E-state index contributed by atoms with van der Waals surface area (Å²) in [6, 6.07) is 4.68. The third-order valence-corrected chi connectivity index (χ3v) is 3.34. The molecule has 1 N–H and O–H groups in total. The highest BCUT2D eigenvalue weighted by Crippen LogP contribution is 2.39. The molecule has 5 nitrogen and oxygen atoms in total. The van der Waals surface area contributed by atoms with Crippen molar-refractivity contribution in [3.05, 3.63) is 74.7 Å². The molecule has 1 atom stereocenters. The zero-order valence-corrected chi connectivity index (χ0v) is 11.3. The van der Waals surface area contributed by atoms with E-state index in [2.05, 4.69) is 0 Å². The smallest absolute Gasteiger partial charge is 0.291 e. The molecule has 0 amide bonds. The van der Waals surface area contributed by atoms with Gasteiger partial charge >= 0.3 is 0 Å². The van der Waals surface area contributed by atoms with E-state index >= 15 is 0 Å². The van der Waals surface area contributed by atoms with Gasteiger partial charge in [0, 0.05) is 23.3 Å². The molecule has 0 aliphatic carbocycles. The third kappa shape index (κ3) is 2.59. The molecule has 1 unspecified atom stereocenters. The highest BCUT2D eigenvalue weighted by Gasteiger charge is 2.35. The molecule has 0 saturated carbocycles. The summed E-state index contributed by atoms with van der Waals surface area (Å²) in [6.45, 7) is 0. The SMILES string of the molecule is O=[N+]([O-])C1=Cc2cc(O)ccc2OC1c1cc(F)c(F)cc1F. The molecule has 0 fully saturated rings. The Morgan fingerprint density at radius 2 is 1.78 bits per heavy atom. The number of nitro groups is 1. The molecule has 0 aromatic heterocycles. The van der Waals surface area contributed by atoms with E-state index in [0.717, 1.165) is 6.08 Å². The molecule has 8 heteroatoms. The monoisotopic (exact) mass is 323 g/mol. The van der Waals surface area contributed by atoms with E-state index < -0.39 is 39.7 Å². The Kier molecular flexibility index (Phi) is 3.44. The van der Waals surface area contributed by atoms with Crippen LogP contribution < -0.4 is 4.74 Å². The Hall–Kier alpha value is -3.03. The Balaban J connectivity index is 2.15. The van der Waals surface area contributed by atoms with Gasteiger partial charge in [-0.1, -0.05) is 0 Å². The van der Waals surface area contributed by atoms with E-state index in [1.54, 1.807) is 0 Å². The molecule has 118 valence electrons. The number of nitrogens with zero attached hydrogens (tertiary/aromatic N) is 1. The number of ether oxygens (including phenoxy) is 1. The van der Waals surface area contributed by atoms with Crippen LogP contribution in [0.4, 0.5) is 13.2 Å². The van der Waals surface area contributed by atoms with Crippen molar-refractivity contribution >= 4 is 6.08 Å². The maximum Gasteiger partial charge on any atom is 0.291 e. The van der Waals surface area contributed by atoms with Crippen molar-refractivity contribution in [1.82, 2.24) is 0 Å². The van der Waals surface area contributed by atoms with Crippen LogP contribution in [0.2, 0.25) is 0 Å². The van der Waals surface area contributed by atoms with Gasteiger partial charge in [0.15, 0.2) is 11.6 Å². The second kappa shape index (κ2) is 5.31. The molecule has 2 aromatic rings. The summed E-state index contributed by atoms with van der Waals surface area (Å²) >= 11 is 0. The fourth-order valence-electron chi connectivity index (χ4n) is 2.29. The third-order valence-electron chi connectivity index (χ3n) is 3.34. The van der Waals surface area contributed by atoms with Gasteiger partial charge in [0.05, 0.1) is 4.92 Å². The first-order valence-corrected chi connectivity index (χ1v) is 6.37. The molecular weight excluding hydrogens is 315 g/mol. The van der Waals surface area contributed by atoms with Gasteiger partial charge in [-0.25, -0.2) is 13.2 Å².